The van der Waals surface area contributed by atoms with Crippen LogP contribution >= 0.6 is 0 Å². The van der Waals surface area contributed by atoms with Gasteiger partial charge in [0.1, 0.15) is 5.82 Å². The maximum Gasteiger partial charge on any atom is 0.269 e. The second kappa shape index (κ2) is 7.58. The molecule has 1 saturated heterocycles. The Kier molecular flexibility index (Phi) is 4.98. The molecule has 2 aliphatic heterocycles. The van der Waals surface area contributed by atoms with E-state index in [1.807, 2.05) is 23.1 Å². The molecular formula is C21H24N4O3. The van der Waals surface area contributed by atoms with E-state index < -0.39 is 0 Å². The lowest BCUT2D eigenvalue weighted by atomic mass is 9.98. The van der Waals surface area contributed by atoms with Crippen LogP contribution in [0.5, 0.6) is 0 Å². The minimum Gasteiger partial charge on any atom is -0.352 e. The Bertz CT molecular complexity index is 889. The average molecular weight is 380 g/mol. The van der Waals surface area contributed by atoms with Crippen LogP contribution in [-0.2, 0) is 13.0 Å². The summed E-state index contributed by atoms with van der Waals surface area (Å²) in [6.07, 6.45) is 4.58. The van der Waals surface area contributed by atoms with Gasteiger partial charge in [0.2, 0.25) is 0 Å². The molecule has 0 spiro atoms. The van der Waals surface area contributed by atoms with E-state index in [4.69, 9.17) is 0 Å². The quantitative estimate of drug-likeness (QED) is 0.602. The van der Waals surface area contributed by atoms with Crippen molar-refractivity contribution in [3.8, 4) is 0 Å². The van der Waals surface area contributed by atoms with Gasteiger partial charge in [0, 0.05) is 44.5 Å². The number of benzene rings is 1. The second-order valence-corrected chi connectivity index (χ2v) is 7.76. The molecule has 7 nitrogen and oxygen atoms in total. The number of anilines is 1. The van der Waals surface area contributed by atoms with Crippen LogP contribution < -0.4 is 4.90 Å². The highest BCUT2D eigenvalue weighted by Gasteiger charge is 2.23. The van der Waals surface area contributed by atoms with Crippen LogP contribution in [0.15, 0.2) is 36.5 Å². The Labute approximate surface area is 164 Å². The number of non-ortho nitro benzene ring substituents is 1. The number of aromatic nitrogens is 1. The summed E-state index contributed by atoms with van der Waals surface area (Å²) in [5, 5.41) is 11.0. The minimum atomic E-state index is -0.362. The van der Waals surface area contributed by atoms with Crippen molar-refractivity contribution >= 4 is 17.4 Å². The summed E-state index contributed by atoms with van der Waals surface area (Å²) in [7, 11) is 0. The fourth-order valence-electron chi connectivity index (χ4n) is 3.95. The molecule has 1 fully saturated rings. The van der Waals surface area contributed by atoms with Gasteiger partial charge in [-0.3, -0.25) is 14.9 Å². The predicted octanol–water partition coefficient (Wildman–Crippen LogP) is 3.42. The van der Waals surface area contributed by atoms with Crippen molar-refractivity contribution in [1.29, 1.82) is 0 Å². The van der Waals surface area contributed by atoms with E-state index in [1.165, 1.54) is 0 Å². The lowest BCUT2D eigenvalue weighted by Crippen LogP contribution is -2.38. The van der Waals surface area contributed by atoms with Crippen molar-refractivity contribution in [2.75, 3.05) is 24.5 Å². The van der Waals surface area contributed by atoms with E-state index in [2.05, 4.69) is 16.8 Å². The van der Waals surface area contributed by atoms with Crippen molar-refractivity contribution in [2.45, 2.75) is 32.7 Å². The molecule has 0 bridgehead atoms. The molecule has 0 aliphatic carbocycles. The summed E-state index contributed by atoms with van der Waals surface area (Å²) in [5.74, 6) is 1.52. The number of nitrogens with zero attached hydrogens (tertiary/aromatic N) is 4. The van der Waals surface area contributed by atoms with E-state index >= 15 is 0 Å². The van der Waals surface area contributed by atoms with Gasteiger partial charge >= 0.3 is 0 Å². The molecule has 146 valence electrons. The van der Waals surface area contributed by atoms with Gasteiger partial charge in [-0.05, 0) is 48.4 Å². The number of nitro groups is 1. The summed E-state index contributed by atoms with van der Waals surface area (Å²) >= 11 is 0. The van der Waals surface area contributed by atoms with Crippen molar-refractivity contribution in [3.05, 3.63) is 63.3 Å². The van der Waals surface area contributed by atoms with Crippen LogP contribution in [0, 0.1) is 16.0 Å². The molecule has 1 aromatic heterocycles. The number of carbonyl (C=O) groups is 1. The van der Waals surface area contributed by atoms with Gasteiger partial charge in [-0.2, -0.15) is 0 Å². The van der Waals surface area contributed by atoms with Gasteiger partial charge in [0.15, 0.2) is 0 Å². The van der Waals surface area contributed by atoms with Crippen molar-refractivity contribution in [1.82, 2.24) is 9.88 Å². The number of hydrogen-bond acceptors (Lipinski definition) is 5. The van der Waals surface area contributed by atoms with Crippen LogP contribution in [0.2, 0.25) is 0 Å². The molecule has 1 aromatic carbocycles. The maximum atomic E-state index is 12.7. The zero-order valence-electron chi connectivity index (χ0n) is 16.0. The molecule has 0 atom stereocenters. The number of carbonyl (C=O) groups excluding carboxylic acids is 1. The number of pyridine rings is 1. The Balaban J connectivity index is 1.46. The first kappa shape index (κ1) is 18.4. The summed E-state index contributed by atoms with van der Waals surface area (Å²) in [4.78, 5) is 31.9. The molecule has 7 heteroatoms. The van der Waals surface area contributed by atoms with Gasteiger partial charge in [0.25, 0.3) is 11.6 Å². The first-order valence-corrected chi connectivity index (χ1v) is 9.78. The van der Waals surface area contributed by atoms with Gasteiger partial charge in [-0.25, -0.2) is 4.98 Å². The van der Waals surface area contributed by atoms with Gasteiger partial charge in [-0.1, -0.05) is 13.0 Å². The minimum absolute atomic E-state index is 0.0468. The molecule has 0 N–H and O–H groups in total. The fraction of sp³-hybridized carbons (Fsp3) is 0.429. The number of amides is 1. The summed E-state index contributed by atoms with van der Waals surface area (Å²) < 4.78 is 0. The van der Waals surface area contributed by atoms with Crippen molar-refractivity contribution in [3.63, 3.8) is 0 Å². The van der Waals surface area contributed by atoms with Crippen LogP contribution in [0.4, 0.5) is 11.5 Å². The molecule has 0 saturated carbocycles. The Morgan fingerprint density at radius 3 is 2.61 bits per heavy atom. The van der Waals surface area contributed by atoms with E-state index in [-0.39, 0.29) is 16.5 Å². The van der Waals surface area contributed by atoms with Crippen LogP contribution in [0.3, 0.4) is 0 Å². The SMILES string of the molecule is CC1CCN(C(=O)c2ccc(N3CCc4ccc([N+](=O)[O-])cc4C3)nc2)CC1. The summed E-state index contributed by atoms with van der Waals surface area (Å²) in [6.45, 7) is 5.23. The van der Waals surface area contributed by atoms with E-state index in [1.54, 1.807) is 18.3 Å². The number of rotatable bonds is 3. The van der Waals surface area contributed by atoms with Gasteiger partial charge < -0.3 is 9.80 Å². The van der Waals surface area contributed by atoms with Crippen LogP contribution in [0.1, 0.15) is 41.3 Å². The van der Waals surface area contributed by atoms with Crippen LogP contribution in [0.25, 0.3) is 0 Å². The lowest BCUT2D eigenvalue weighted by molar-refractivity contribution is -0.384. The molecule has 0 unspecified atom stereocenters. The highest BCUT2D eigenvalue weighted by atomic mass is 16.6. The topological polar surface area (TPSA) is 79.6 Å². The van der Waals surface area contributed by atoms with Gasteiger partial charge in [0.05, 0.1) is 10.5 Å². The molecule has 0 radical (unpaired) electrons. The third-order valence-corrected chi connectivity index (χ3v) is 5.80. The predicted molar refractivity (Wildman–Crippen MR) is 106 cm³/mol. The third-order valence-electron chi connectivity index (χ3n) is 5.80. The molecular weight excluding hydrogens is 356 g/mol. The van der Waals surface area contributed by atoms with Crippen LogP contribution in [-0.4, -0.2) is 40.3 Å². The number of piperidine rings is 1. The van der Waals surface area contributed by atoms with E-state index in [9.17, 15) is 14.9 Å². The number of likely N-dealkylation sites (tertiary alicyclic amines) is 1. The number of hydrogen-bond donors (Lipinski definition) is 0. The summed E-state index contributed by atoms with van der Waals surface area (Å²) in [5.41, 5.74) is 2.84. The molecule has 1 amide bonds. The first-order chi connectivity index (χ1) is 13.5. The molecule has 3 heterocycles. The normalized spacial score (nSPS) is 17.3. The Hall–Kier alpha value is -2.96. The zero-order valence-corrected chi connectivity index (χ0v) is 16.0. The maximum absolute atomic E-state index is 12.7. The molecule has 28 heavy (non-hydrogen) atoms. The summed E-state index contributed by atoms with van der Waals surface area (Å²) in [6, 6.07) is 8.78. The zero-order chi connectivity index (χ0) is 19.7. The highest BCUT2D eigenvalue weighted by Crippen LogP contribution is 2.27. The first-order valence-electron chi connectivity index (χ1n) is 9.78. The number of fused-ring (bicyclic) bond motifs is 1. The second-order valence-electron chi connectivity index (χ2n) is 7.76. The monoisotopic (exact) mass is 380 g/mol. The third kappa shape index (κ3) is 3.69. The van der Waals surface area contributed by atoms with Crippen molar-refractivity contribution < 1.29 is 9.72 Å². The molecule has 4 rings (SSSR count). The standard InChI is InChI=1S/C21H24N4O3/c1-15-6-9-23(10-7-15)21(26)17-3-5-20(22-13-17)24-11-8-16-2-4-19(25(27)28)12-18(16)14-24/h2-5,12-13,15H,6-11,14H2,1H3. The highest BCUT2D eigenvalue weighted by molar-refractivity contribution is 5.94. The fourth-order valence-corrected chi connectivity index (χ4v) is 3.95. The lowest BCUT2D eigenvalue weighted by Gasteiger charge is -2.31. The van der Waals surface area contributed by atoms with E-state index in [0.29, 0.717) is 18.0 Å². The average Bonchev–Trinajstić information content (AvgIpc) is 2.73. The van der Waals surface area contributed by atoms with E-state index in [0.717, 1.165) is 55.8 Å². The smallest absolute Gasteiger partial charge is 0.269 e. The van der Waals surface area contributed by atoms with Crippen molar-refractivity contribution in [2.24, 2.45) is 5.92 Å². The molecule has 2 aliphatic rings. The molecule has 2 aromatic rings. The largest absolute Gasteiger partial charge is 0.352 e. The van der Waals surface area contributed by atoms with Gasteiger partial charge in [-0.15, -0.1) is 0 Å². The number of nitro benzene ring substituents is 1. The Morgan fingerprint density at radius 1 is 1.14 bits per heavy atom. The Morgan fingerprint density at radius 2 is 1.93 bits per heavy atom.